The van der Waals surface area contributed by atoms with Crippen LogP contribution >= 0.6 is 11.3 Å². The summed E-state index contributed by atoms with van der Waals surface area (Å²) in [4.78, 5) is 5.26. The lowest BCUT2D eigenvalue weighted by Gasteiger charge is -2.32. The van der Waals surface area contributed by atoms with Crippen LogP contribution in [0.25, 0.3) is 0 Å². The first-order chi connectivity index (χ1) is 7.47. The molecule has 0 spiro atoms. The minimum atomic E-state index is -4.35. The molecule has 0 atom stereocenters. The molecule has 1 saturated heterocycles. The summed E-state index contributed by atoms with van der Waals surface area (Å²) in [5, 5.41) is 1.42. The maximum Gasteiger partial charge on any atom is 0.443 e. The fraction of sp³-hybridized carbons (Fsp3) is 0.625. The van der Waals surface area contributed by atoms with Crippen molar-refractivity contribution in [3.63, 3.8) is 0 Å². The Balaban J connectivity index is 2.08. The Kier molecular flexibility index (Phi) is 3.04. The quantitative estimate of drug-likeness (QED) is 0.762. The lowest BCUT2D eigenvalue weighted by molar-refractivity contribution is -0.137. The summed E-state index contributed by atoms with van der Waals surface area (Å²) in [6.07, 6.45) is -3.07. The molecule has 2 rings (SSSR count). The molecule has 4 nitrogen and oxygen atoms in total. The number of thiazole rings is 1. The van der Waals surface area contributed by atoms with Crippen molar-refractivity contribution in [2.75, 3.05) is 31.1 Å². The lowest BCUT2D eigenvalue weighted by Crippen LogP contribution is -2.49. The molecule has 0 unspecified atom stereocenters. The van der Waals surface area contributed by atoms with Gasteiger partial charge in [0.1, 0.15) is 5.00 Å². The van der Waals surface area contributed by atoms with Crippen molar-refractivity contribution in [1.82, 2.24) is 9.99 Å². The van der Waals surface area contributed by atoms with Gasteiger partial charge in [-0.3, -0.25) is 5.84 Å². The minimum Gasteiger partial charge on any atom is -0.359 e. The van der Waals surface area contributed by atoms with E-state index in [9.17, 15) is 13.2 Å². The SMILES string of the molecule is NN1CCN(c2cnc(C(F)(F)F)s2)CC1. The normalized spacial score (nSPS) is 19.1. The zero-order valence-electron chi connectivity index (χ0n) is 8.37. The van der Waals surface area contributed by atoms with E-state index in [0.717, 1.165) is 0 Å². The van der Waals surface area contributed by atoms with E-state index in [1.165, 1.54) is 6.20 Å². The molecule has 0 aliphatic carbocycles. The largest absolute Gasteiger partial charge is 0.443 e. The van der Waals surface area contributed by atoms with Crippen LogP contribution in [0.5, 0.6) is 0 Å². The van der Waals surface area contributed by atoms with Gasteiger partial charge in [0.15, 0.2) is 5.01 Å². The van der Waals surface area contributed by atoms with Crippen LogP contribution in [0.15, 0.2) is 6.20 Å². The zero-order chi connectivity index (χ0) is 11.8. The maximum atomic E-state index is 12.3. The van der Waals surface area contributed by atoms with Crippen LogP contribution in [-0.2, 0) is 6.18 Å². The number of nitrogens with two attached hydrogens (primary N) is 1. The number of piperazine rings is 1. The Morgan fingerprint density at radius 2 is 1.88 bits per heavy atom. The number of hydrazine groups is 1. The molecule has 90 valence electrons. The van der Waals surface area contributed by atoms with Gasteiger partial charge < -0.3 is 4.90 Å². The molecule has 0 amide bonds. The zero-order valence-corrected chi connectivity index (χ0v) is 9.18. The summed E-state index contributed by atoms with van der Waals surface area (Å²) in [5.41, 5.74) is 0. The van der Waals surface area contributed by atoms with Crippen LogP contribution in [0, 0.1) is 0 Å². The van der Waals surface area contributed by atoms with E-state index in [4.69, 9.17) is 5.84 Å². The molecule has 8 heteroatoms. The Labute approximate surface area is 94.4 Å². The number of nitrogens with zero attached hydrogens (tertiary/aromatic N) is 3. The van der Waals surface area contributed by atoms with E-state index >= 15 is 0 Å². The predicted octanol–water partition coefficient (Wildman–Crippen LogP) is 1.16. The maximum absolute atomic E-state index is 12.3. The number of hydrogen-bond acceptors (Lipinski definition) is 5. The van der Waals surface area contributed by atoms with Crippen molar-refractivity contribution in [1.29, 1.82) is 0 Å². The van der Waals surface area contributed by atoms with E-state index in [1.807, 2.05) is 4.90 Å². The highest BCUT2D eigenvalue weighted by molar-refractivity contribution is 7.15. The smallest absolute Gasteiger partial charge is 0.359 e. The minimum absolute atomic E-state index is 0.556. The van der Waals surface area contributed by atoms with Crippen molar-refractivity contribution in [2.24, 2.45) is 5.84 Å². The third-order valence-corrected chi connectivity index (χ3v) is 3.46. The Bertz CT molecular complexity index is 356. The van der Waals surface area contributed by atoms with Crippen molar-refractivity contribution in [2.45, 2.75) is 6.18 Å². The highest BCUT2D eigenvalue weighted by Gasteiger charge is 2.35. The number of alkyl halides is 3. The fourth-order valence-corrected chi connectivity index (χ4v) is 2.32. The highest BCUT2D eigenvalue weighted by Crippen LogP contribution is 2.35. The molecule has 2 heterocycles. The second-order valence-electron chi connectivity index (χ2n) is 3.52. The average Bonchev–Trinajstić information content (AvgIpc) is 2.67. The van der Waals surface area contributed by atoms with Crippen molar-refractivity contribution < 1.29 is 13.2 Å². The van der Waals surface area contributed by atoms with E-state index in [2.05, 4.69) is 4.98 Å². The van der Waals surface area contributed by atoms with Crippen LogP contribution in [-0.4, -0.2) is 36.2 Å². The van der Waals surface area contributed by atoms with Crippen LogP contribution in [0.2, 0.25) is 0 Å². The summed E-state index contributed by atoms with van der Waals surface area (Å²) in [6.45, 7) is 2.57. The van der Waals surface area contributed by atoms with Crippen LogP contribution in [0.3, 0.4) is 0 Å². The molecule has 1 aliphatic rings. The molecule has 1 aromatic rings. The predicted molar refractivity (Wildman–Crippen MR) is 55.1 cm³/mol. The Morgan fingerprint density at radius 1 is 1.25 bits per heavy atom. The number of anilines is 1. The van der Waals surface area contributed by atoms with Crippen LogP contribution in [0.1, 0.15) is 5.01 Å². The second kappa shape index (κ2) is 4.19. The third-order valence-electron chi connectivity index (χ3n) is 2.36. The second-order valence-corrected chi connectivity index (χ2v) is 4.53. The number of aromatic nitrogens is 1. The van der Waals surface area contributed by atoms with Gasteiger partial charge in [-0.05, 0) is 0 Å². The van der Waals surface area contributed by atoms with Gasteiger partial charge in [-0.25, -0.2) is 9.99 Å². The molecule has 16 heavy (non-hydrogen) atoms. The molecule has 0 bridgehead atoms. The van der Waals surface area contributed by atoms with E-state index in [1.54, 1.807) is 5.01 Å². The van der Waals surface area contributed by atoms with Crippen molar-refractivity contribution >= 4 is 16.3 Å². The number of rotatable bonds is 1. The Morgan fingerprint density at radius 3 is 2.38 bits per heavy atom. The molecule has 0 aromatic carbocycles. The summed E-state index contributed by atoms with van der Waals surface area (Å²) < 4.78 is 37.0. The van der Waals surface area contributed by atoms with E-state index < -0.39 is 11.2 Å². The van der Waals surface area contributed by atoms with E-state index in [-0.39, 0.29) is 0 Å². The van der Waals surface area contributed by atoms with Gasteiger partial charge in [-0.1, -0.05) is 11.3 Å². The topological polar surface area (TPSA) is 45.4 Å². The molecular weight excluding hydrogens is 241 g/mol. The average molecular weight is 252 g/mol. The van der Waals surface area contributed by atoms with Gasteiger partial charge >= 0.3 is 6.18 Å². The van der Waals surface area contributed by atoms with Gasteiger partial charge in [0, 0.05) is 26.2 Å². The van der Waals surface area contributed by atoms with Crippen LogP contribution < -0.4 is 10.7 Å². The van der Waals surface area contributed by atoms with Gasteiger partial charge in [-0.15, -0.1) is 0 Å². The monoisotopic (exact) mass is 252 g/mol. The summed E-state index contributed by atoms with van der Waals surface area (Å²) >= 11 is 0.678. The molecule has 1 aromatic heterocycles. The van der Waals surface area contributed by atoms with Crippen LogP contribution in [0.4, 0.5) is 18.2 Å². The first-order valence-electron chi connectivity index (χ1n) is 4.74. The van der Waals surface area contributed by atoms with Gasteiger partial charge in [0.2, 0.25) is 0 Å². The van der Waals surface area contributed by atoms with E-state index in [0.29, 0.717) is 42.5 Å². The lowest BCUT2D eigenvalue weighted by atomic mass is 10.4. The standard InChI is InChI=1S/C8H11F3N4S/c9-8(10,11)7-13-5-6(16-7)14-1-3-15(12)4-2-14/h5H,1-4,12H2. The van der Waals surface area contributed by atoms with Gasteiger partial charge in [0.25, 0.3) is 0 Å². The first-order valence-corrected chi connectivity index (χ1v) is 5.56. The molecule has 1 aliphatic heterocycles. The molecule has 2 N–H and O–H groups in total. The molecule has 0 radical (unpaired) electrons. The summed E-state index contributed by atoms with van der Waals surface area (Å²) in [5.74, 6) is 5.56. The highest BCUT2D eigenvalue weighted by atomic mass is 32.1. The Hall–Kier alpha value is -0.860. The molecule has 1 fully saturated rings. The summed E-state index contributed by atoms with van der Waals surface area (Å²) in [7, 11) is 0. The fourth-order valence-electron chi connectivity index (χ4n) is 1.49. The summed E-state index contributed by atoms with van der Waals surface area (Å²) in [6, 6.07) is 0. The molecular formula is C8H11F3N4S. The third kappa shape index (κ3) is 2.45. The van der Waals surface area contributed by atoms with Gasteiger partial charge in [0.05, 0.1) is 6.20 Å². The number of halogens is 3. The van der Waals surface area contributed by atoms with Crippen molar-refractivity contribution in [3.8, 4) is 0 Å². The molecule has 0 saturated carbocycles. The van der Waals surface area contributed by atoms with Gasteiger partial charge in [-0.2, -0.15) is 13.2 Å². The number of hydrogen-bond donors (Lipinski definition) is 1. The van der Waals surface area contributed by atoms with Crippen molar-refractivity contribution in [3.05, 3.63) is 11.2 Å². The first kappa shape index (κ1) is 11.6.